The SMILES string of the molecule is Cc1ccc(OCCOC(=O)c2csc(-c3ccc(F)cc3)n2)cc1. The normalized spacial score (nSPS) is 10.5. The summed E-state index contributed by atoms with van der Waals surface area (Å²) in [5, 5.41) is 2.27. The van der Waals surface area contributed by atoms with E-state index >= 15 is 0 Å². The van der Waals surface area contributed by atoms with E-state index in [0.717, 1.165) is 16.9 Å². The van der Waals surface area contributed by atoms with Gasteiger partial charge in [-0.15, -0.1) is 11.3 Å². The summed E-state index contributed by atoms with van der Waals surface area (Å²) in [5.74, 6) is -0.0838. The third kappa shape index (κ3) is 4.64. The Kier molecular flexibility index (Phi) is 5.40. The van der Waals surface area contributed by atoms with Crippen LogP contribution in [0.1, 0.15) is 16.1 Å². The summed E-state index contributed by atoms with van der Waals surface area (Å²) in [6, 6.07) is 13.6. The molecule has 0 atom stereocenters. The van der Waals surface area contributed by atoms with Crippen molar-refractivity contribution in [1.82, 2.24) is 4.98 Å². The summed E-state index contributed by atoms with van der Waals surface area (Å²) in [5.41, 5.74) is 2.15. The van der Waals surface area contributed by atoms with Crippen LogP contribution in [0.3, 0.4) is 0 Å². The monoisotopic (exact) mass is 357 g/mol. The highest BCUT2D eigenvalue weighted by Crippen LogP contribution is 2.24. The van der Waals surface area contributed by atoms with Crippen LogP contribution in [-0.4, -0.2) is 24.2 Å². The van der Waals surface area contributed by atoms with Crippen LogP contribution < -0.4 is 4.74 Å². The summed E-state index contributed by atoms with van der Waals surface area (Å²) in [7, 11) is 0. The van der Waals surface area contributed by atoms with Crippen molar-refractivity contribution in [3.8, 4) is 16.3 Å². The molecule has 0 aliphatic heterocycles. The Hall–Kier alpha value is -2.73. The second-order valence-corrected chi connectivity index (χ2v) is 6.20. The van der Waals surface area contributed by atoms with Crippen molar-refractivity contribution in [3.05, 3.63) is 71.0 Å². The van der Waals surface area contributed by atoms with E-state index in [9.17, 15) is 9.18 Å². The summed E-state index contributed by atoms with van der Waals surface area (Å²) in [6.45, 7) is 2.40. The smallest absolute Gasteiger partial charge is 0.357 e. The molecule has 0 saturated carbocycles. The fraction of sp³-hybridized carbons (Fsp3) is 0.158. The van der Waals surface area contributed by atoms with Gasteiger partial charge in [-0.1, -0.05) is 17.7 Å². The number of carbonyl (C=O) groups excluding carboxylic acids is 1. The van der Waals surface area contributed by atoms with Crippen LogP contribution in [0.15, 0.2) is 53.9 Å². The lowest BCUT2D eigenvalue weighted by Crippen LogP contribution is -2.12. The molecule has 128 valence electrons. The Labute approximate surface area is 148 Å². The number of hydrogen-bond donors (Lipinski definition) is 0. The van der Waals surface area contributed by atoms with Gasteiger partial charge in [-0.3, -0.25) is 0 Å². The highest BCUT2D eigenvalue weighted by atomic mass is 32.1. The molecule has 0 saturated heterocycles. The van der Waals surface area contributed by atoms with Gasteiger partial charge >= 0.3 is 5.97 Å². The standard InChI is InChI=1S/C19H16FNO3S/c1-13-2-8-16(9-3-13)23-10-11-24-19(22)17-12-25-18(21-17)14-4-6-15(20)7-5-14/h2-9,12H,10-11H2,1H3. The molecule has 6 heteroatoms. The molecule has 0 N–H and O–H groups in total. The molecule has 1 heterocycles. The molecule has 25 heavy (non-hydrogen) atoms. The van der Waals surface area contributed by atoms with Crippen LogP contribution >= 0.6 is 11.3 Å². The average molecular weight is 357 g/mol. The summed E-state index contributed by atoms with van der Waals surface area (Å²) < 4.78 is 23.6. The van der Waals surface area contributed by atoms with Crippen LogP contribution in [0.5, 0.6) is 5.75 Å². The van der Waals surface area contributed by atoms with Crippen molar-refractivity contribution in [2.75, 3.05) is 13.2 Å². The molecular weight excluding hydrogens is 341 g/mol. The Morgan fingerprint density at radius 3 is 2.52 bits per heavy atom. The molecule has 0 spiro atoms. The van der Waals surface area contributed by atoms with E-state index in [0.29, 0.717) is 5.01 Å². The van der Waals surface area contributed by atoms with Gasteiger partial charge < -0.3 is 9.47 Å². The lowest BCUT2D eigenvalue weighted by atomic mass is 10.2. The topological polar surface area (TPSA) is 48.4 Å². The molecule has 3 rings (SSSR count). The number of halogens is 1. The van der Waals surface area contributed by atoms with Gasteiger partial charge in [-0.25, -0.2) is 14.2 Å². The third-order valence-corrected chi connectivity index (χ3v) is 4.30. The first-order valence-electron chi connectivity index (χ1n) is 7.70. The first-order valence-corrected chi connectivity index (χ1v) is 8.58. The number of esters is 1. The average Bonchev–Trinajstić information content (AvgIpc) is 3.11. The molecule has 0 fully saturated rings. The highest BCUT2D eigenvalue weighted by molar-refractivity contribution is 7.13. The molecule has 4 nitrogen and oxygen atoms in total. The molecular formula is C19H16FNO3S. The summed E-state index contributed by atoms with van der Waals surface area (Å²) in [6.07, 6.45) is 0. The second kappa shape index (κ2) is 7.90. The quantitative estimate of drug-likeness (QED) is 0.482. The van der Waals surface area contributed by atoms with Crippen molar-refractivity contribution in [2.45, 2.75) is 6.92 Å². The number of rotatable bonds is 6. The number of carbonyl (C=O) groups is 1. The minimum atomic E-state index is -0.503. The molecule has 3 aromatic rings. The van der Waals surface area contributed by atoms with Crippen molar-refractivity contribution in [1.29, 1.82) is 0 Å². The first-order chi connectivity index (χ1) is 12.1. The second-order valence-electron chi connectivity index (χ2n) is 5.34. The van der Waals surface area contributed by atoms with Crippen LogP contribution in [0.4, 0.5) is 4.39 Å². The highest BCUT2D eigenvalue weighted by Gasteiger charge is 2.13. The van der Waals surface area contributed by atoms with Gasteiger partial charge in [0.05, 0.1) is 0 Å². The zero-order chi connectivity index (χ0) is 17.6. The van der Waals surface area contributed by atoms with Gasteiger partial charge in [0.1, 0.15) is 29.8 Å². The minimum Gasteiger partial charge on any atom is -0.490 e. The number of nitrogens with zero attached hydrogens (tertiary/aromatic N) is 1. The molecule has 0 amide bonds. The summed E-state index contributed by atoms with van der Waals surface area (Å²) >= 11 is 1.31. The zero-order valence-electron chi connectivity index (χ0n) is 13.6. The number of aromatic nitrogens is 1. The lowest BCUT2D eigenvalue weighted by molar-refractivity contribution is 0.0444. The zero-order valence-corrected chi connectivity index (χ0v) is 14.4. The van der Waals surface area contributed by atoms with Crippen molar-refractivity contribution in [2.24, 2.45) is 0 Å². The molecule has 0 aliphatic rings. The van der Waals surface area contributed by atoms with Crippen LogP contribution in [0.25, 0.3) is 10.6 Å². The largest absolute Gasteiger partial charge is 0.490 e. The molecule has 2 aromatic carbocycles. The molecule has 0 bridgehead atoms. The lowest BCUT2D eigenvalue weighted by Gasteiger charge is -2.06. The first kappa shape index (κ1) is 17.1. The van der Waals surface area contributed by atoms with E-state index in [1.807, 2.05) is 31.2 Å². The van der Waals surface area contributed by atoms with E-state index < -0.39 is 5.97 Å². The van der Waals surface area contributed by atoms with Gasteiger partial charge in [-0.2, -0.15) is 0 Å². The Morgan fingerprint density at radius 2 is 1.80 bits per heavy atom. The van der Waals surface area contributed by atoms with Gasteiger partial charge in [0.15, 0.2) is 5.69 Å². The van der Waals surface area contributed by atoms with Gasteiger partial charge in [-0.05, 0) is 43.3 Å². The van der Waals surface area contributed by atoms with E-state index in [4.69, 9.17) is 9.47 Å². The molecule has 0 radical (unpaired) electrons. The maximum atomic E-state index is 12.9. The van der Waals surface area contributed by atoms with E-state index in [1.165, 1.54) is 23.5 Å². The van der Waals surface area contributed by atoms with Gasteiger partial charge in [0.25, 0.3) is 0 Å². The van der Waals surface area contributed by atoms with Crippen LogP contribution in [0.2, 0.25) is 0 Å². The van der Waals surface area contributed by atoms with E-state index in [1.54, 1.807) is 17.5 Å². The van der Waals surface area contributed by atoms with Crippen molar-refractivity contribution in [3.63, 3.8) is 0 Å². The minimum absolute atomic E-state index is 0.135. The predicted molar refractivity (Wildman–Crippen MR) is 94.5 cm³/mol. The number of ether oxygens (including phenoxy) is 2. The predicted octanol–water partition coefficient (Wildman–Crippen LogP) is 4.49. The summed E-state index contributed by atoms with van der Waals surface area (Å²) in [4.78, 5) is 16.2. The Morgan fingerprint density at radius 1 is 1.08 bits per heavy atom. The number of hydrogen-bond acceptors (Lipinski definition) is 5. The van der Waals surface area contributed by atoms with Gasteiger partial charge in [0, 0.05) is 10.9 Å². The number of thiazole rings is 1. The maximum Gasteiger partial charge on any atom is 0.357 e. The molecule has 1 aromatic heterocycles. The Balaban J connectivity index is 1.50. The van der Waals surface area contributed by atoms with Gasteiger partial charge in [0.2, 0.25) is 0 Å². The van der Waals surface area contributed by atoms with E-state index in [2.05, 4.69) is 4.98 Å². The molecule has 0 aliphatic carbocycles. The van der Waals surface area contributed by atoms with Crippen molar-refractivity contribution >= 4 is 17.3 Å². The number of benzene rings is 2. The van der Waals surface area contributed by atoms with Crippen LogP contribution in [0, 0.1) is 12.7 Å². The van der Waals surface area contributed by atoms with Crippen LogP contribution in [-0.2, 0) is 4.74 Å². The number of aryl methyl sites for hydroxylation is 1. The maximum absolute atomic E-state index is 12.9. The van der Waals surface area contributed by atoms with Crippen molar-refractivity contribution < 1.29 is 18.7 Å². The fourth-order valence-corrected chi connectivity index (χ4v) is 2.89. The third-order valence-electron chi connectivity index (χ3n) is 3.41. The molecule has 0 unspecified atom stereocenters. The Bertz CT molecular complexity index is 844. The van der Waals surface area contributed by atoms with E-state index in [-0.39, 0.29) is 24.7 Å². The fourth-order valence-electron chi connectivity index (χ4n) is 2.09.